The molecule has 2 aromatic heterocycles. The normalized spacial score (nSPS) is 23.2. The molecule has 0 spiro atoms. The Kier molecular flexibility index (Phi) is 6.03. The molecule has 2 aliphatic rings. The summed E-state index contributed by atoms with van der Waals surface area (Å²) in [6, 6.07) is 6.20. The Balaban J connectivity index is 1.44. The summed E-state index contributed by atoms with van der Waals surface area (Å²) in [6.07, 6.45) is 5.77. The van der Waals surface area contributed by atoms with Crippen molar-refractivity contribution < 1.29 is 0 Å². The second kappa shape index (κ2) is 8.81. The summed E-state index contributed by atoms with van der Waals surface area (Å²) in [5.74, 6) is 1.54. The molecule has 0 radical (unpaired) electrons. The Hall–Kier alpha value is -1.89. The quantitative estimate of drug-likeness (QED) is 0.511. The van der Waals surface area contributed by atoms with Gasteiger partial charge in [-0.05, 0) is 69.8 Å². The number of likely N-dealkylation sites (tertiary alicyclic amines) is 1. The van der Waals surface area contributed by atoms with E-state index in [1.54, 1.807) is 6.07 Å². The highest BCUT2D eigenvalue weighted by Gasteiger charge is 2.32. The molecule has 6 nitrogen and oxygen atoms in total. The third kappa shape index (κ3) is 3.97. The standard InChI is InChI=1S/C24H30Cl2N6/c1-15-14-31(11-8-21(15)30-9-4-5-10-30)22-13-27-23-16(2)29-32(24(23)28-22)17(3)19-7-6-18(25)12-20(19)26/h6-7,12-13,15,17,21H,4-5,8-11,14H2,1-3H3/t15-,17-,21?/m1/s1. The van der Waals surface area contributed by atoms with E-state index in [0.717, 1.165) is 41.3 Å². The molecule has 0 N–H and O–H groups in total. The Morgan fingerprint density at radius 3 is 2.62 bits per heavy atom. The van der Waals surface area contributed by atoms with Crippen molar-refractivity contribution in [3.05, 3.63) is 45.7 Å². The van der Waals surface area contributed by atoms with Crippen molar-refractivity contribution >= 4 is 40.2 Å². The molecule has 2 fully saturated rings. The molecule has 0 saturated carbocycles. The van der Waals surface area contributed by atoms with Crippen LogP contribution in [-0.2, 0) is 0 Å². The molecule has 170 valence electrons. The lowest BCUT2D eigenvalue weighted by atomic mass is 9.92. The summed E-state index contributed by atoms with van der Waals surface area (Å²) in [5, 5.41) is 6.03. The van der Waals surface area contributed by atoms with Gasteiger partial charge in [0.15, 0.2) is 5.65 Å². The van der Waals surface area contributed by atoms with E-state index in [-0.39, 0.29) is 6.04 Å². The number of halogens is 2. The van der Waals surface area contributed by atoms with Gasteiger partial charge in [0.05, 0.1) is 17.9 Å². The van der Waals surface area contributed by atoms with Gasteiger partial charge in [-0.15, -0.1) is 0 Å². The van der Waals surface area contributed by atoms with Crippen molar-refractivity contribution in [1.29, 1.82) is 0 Å². The Bertz CT molecular complexity index is 1120. The van der Waals surface area contributed by atoms with Crippen molar-refractivity contribution in [2.45, 2.75) is 52.1 Å². The second-order valence-corrected chi connectivity index (χ2v) is 10.1. The van der Waals surface area contributed by atoms with Gasteiger partial charge in [0, 0.05) is 29.2 Å². The molecule has 3 aromatic rings. The highest BCUT2D eigenvalue weighted by Crippen LogP contribution is 2.32. The predicted octanol–water partition coefficient (Wildman–Crippen LogP) is 5.36. The largest absolute Gasteiger partial charge is 0.355 e. The van der Waals surface area contributed by atoms with E-state index in [0.29, 0.717) is 22.0 Å². The molecule has 1 aromatic carbocycles. The molecular formula is C24H30Cl2N6. The van der Waals surface area contributed by atoms with Crippen LogP contribution in [0, 0.1) is 12.8 Å². The van der Waals surface area contributed by atoms with E-state index in [4.69, 9.17) is 38.3 Å². The van der Waals surface area contributed by atoms with E-state index >= 15 is 0 Å². The number of piperidine rings is 1. The average Bonchev–Trinajstić information content (AvgIpc) is 3.41. The minimum Gasteiger partial charge on any atom is -0.355 e. The monoisotopic (exact) mass is 472 g/mol. The van der Waals surface area contributed by atoms with Crippen molar-refractivity contribution in [3.8, 4) is 0 Å². The van der Waals surface area contributed by atoms with Crippen LogP contribution >= 0.6 is 23.2 Å². The molecule has 2 saturated heterocycles. The lowest BCUT2D eigenvalue weighted by Crippen LogP contribution is -2.49. The zero-order valence-corrected chi connectivity index (χ0v) is 20.4. The van der Waals surface area contributed by atoms with Crippen LogP contribution in [0.15, 0.2) is 24.4 Å². The average molecular weight is 473 g/mol. The number of anilines is 1. The fraction of sp³-hybridized carbons (Fsp3) is 0.542. The maximum Gasteiger partial charge on any atom is 0.179 e. The van der Waals surface area contributed by atoms with Gasteiger partial charge < -0.3 is 4.90 Å². The first-order valence-electron chi connectivity index (χ1n) is 11.6. The number of hydrogen-bond donors (Lipinski definition) is 0. The molecule has 0 amide bonds. The van der Waals surface area contributed by atoms with Crippen LogP contribution in [-0.4, -0.2) is 56.9 Å². The number of aromatic nitrogens is 4. The molecule has 0 aliphatic carbocycles. The van der Waals surface area contributed by atoms with Crippen LogP contribution < -0.4 is 4.90 Å². The van der Waals surface area contributed by atoms with Crippen molar-refractivity contribution in [3.63, 3.8) is 0 Å². The Morgan fingerprint density at radius 1 is 1.12 bits per heavy atom. The molecular weight excluding hydrogens is 443 g/mol. The number of benzene rings is 1. The smallest absolute Gasteiger partial charge is 0.179 e. The van der Waals surface area contributed by atoms with E-state index < -0.39 is 0 Å². The summed E-state index contributed by atoms with van der Waals surface area (Å²) >= 11 is 12.6. The zero-order chi connectivity index (χ0) is 22.4. The van der Waals surface area contributed by atoms with Crippen LogP contribution in [0.2, 0.25) is 10.0 Å². The van der Waals surface area contributed by atoms with Gasteiger partial charge in [0.25, 0.3) is 0 Å². The number of fused-ring (bicyclic) bond motifs is 1. The second-order valence-electron chi connectivity index (χ2n) is 9.29. The maximum absolute atomic E-state index is 6.49. The summed E-state index contributed by atoms with van der Waals surface area (Å²) in [4.78, 5) is 14.9. The van der Waals surface area contributed by atoms with Gasteiger partial charge in [-0.1, -0.05) is 36.2 Å². The SMILES string of the molecule is Cc1nn([C@H](C)c2ccc(Cl)cc2Cl)c2nc(N3CCC(N4CCCC4)[C@H](C)C3)cnc12. The van der Waals surface area contributed by atoms with Crippen LogP contribution in [0.5, 0.6) is 0 Å². The zero-order valence-electron chi connectivity index (χ0n) is 18.9. The molecule has 3 atom stereocenters. The van der Waals surface area contributed by atoms with E-state index in [9.17, 15) is 0 Å². The Labute approximate surface area is 199 Å². The first kappa shape index (κ1) is 21.9. The van der Waals surface area contributed by atoms with Crippen molar-refractivity contribution in [1.82, 2.24) is 24.6 Å². The molecule has 0 bridgehead atoms. The first-order valence-corrected chi connectivity index (χ1v) is 12.3. The maximum atomic E-state index is 6.49. The van der Waals surface area contributed by atoms with Gasteiger partial charge in [0.1, 0.15) is 11.3 Å². The van der Waals surface area contributed by atoms with Gasteiger partial charge >= 0.3 is 0 Å². The van der Waals surface area contributed by atoms with Crippen molar-refractivity contribution in [2.75, 3.05) is 31.1 Å². The van der Waals surface area contributed by atoms with Crippen LogP contribution in [0.3, 0.4) is 0 Å². The van der Waals surface area contributed by atoms with E-state index in [1.807, 2.05) is 29.9 Å². The fourth-order valence-electron chi connectivity index (χ4n) is 5.39. The van der Waals surface area contributed by atoms with E-state index in [2.05, 4.69) is 23.6 Å². The highest BCUT2D eigenvalue weighted by atomic mass is 35.5. The third-order valence-corrected chi connectivity index (χ3v) is 7.69. The first-order chi connectivity index (χ1) is 15.4. The van der Waals surface area contributed by atoms with Crippen LogP contribution in [0.4, 0.5) is 5.82 Å². The van der Waals surface area contributed by atoms with Gasteiger partial charge in [0.2, 0.25) is 0 Å². The predicted molar refractivity (Wildman–Crippen MR) is 131 cm³/mol. The molecule has 5 rings (SSSR count). The molecule has 32 heavy (non-hydrogen) atoms. The van der Waals surface area contributed by atoms with Gasteiger partial charge in [-0.3, -0.25) is 4.90 Å². The number of rotatable bonds is 4. The number of hydrogen-bond acceptors (Lipinski definition) is 5. The Morgan fingerprint density at radius 2 is 1.91 bits per heavy atom. The fourth-order valence-corrected chi connectivity index (χ4v) is 5.96. The lowest BCUT2D eigenvalue weighted by molar-refractivity contribution is 0.158. The van der Waals surface area contributed by atoms with Gasteiger partial charge in [-0.2, -0.15) is 5.10 Å². The number of aryl methyl sites for hydroxylation is 1. The minimum absolute atomic E-state index is 0.0830. The summed E-state index contributed by atoms with van der Waals surface area (Å²) in [5.41, 5.74) is 3.48. The summed E-state index contributed by atoms with van der Waals surface area (Å²) in [6.45, 7) is 11.0. The van der Waals surface area contributed by atoms with Gasteiger partial charge in [-0.25, -0.2) is 14.6 Å². The lowest BCUT2D eigenvalue weighted by Gasteiger charge is -2.41. The summed E-state index contributed by atoms with van der Waals surface area (Å²) < 4.78 is 1.94. The highest BCUT2D eigenvalue weighted by molar-refractivity contribution is 6.35. The van der Waals surface area contributed by atoms with Crippen LogP contribution in [0.1, 0.15) is 50.4 Å². The molecule has 4 heterocycles. The van der Waals surface area contributed by atoms with Crippen LogP contribution in [0.25, 0.3) is 11.2 Å². The molecule has 2 aliphatic heterocycles. The molecule has 8 heteroatoms. The summed E-state index contributed by atoms with van der Waals surface area (Å²) in [7, 11) is 0. The molecule has 1 unspecified atom stereocenters. The minimum atomic E-state index is -0.0830. The van der Waals surface area contributed by atoms with Crippen molar-refractivity contribution in [2.24, 2.45) is 5.92 Å². The topological polar surface area (TPSA) is 50.1 Å². The van der Waals surface area contributed by atoms with E-state index in [1.165, 1.54) is 32.4 Å². The number of nitrogens with zero attached hydrogens (tertiary/aromatic N) is 6. The third-order valence-electron chi connectivity index (χ3n) is 7.13.